The highest BCUT2D eigenvalue weighted by molar-refractivity contribution is 7.22. The highest BCUT2D eigenvalue weighted by Crippen LogP contribution is 2.34. The lowest BCUT2D eigenvalue weighted by Crippen LogP contribution is -2.26. The van der Waals surface area contributed by atoms with E-state index in [4.69, 9.17) is 4.98 Å². The minimum Gasteiger partial charge on any atom is -0.325 e. The summed E-state index contributed by atoms with van der Waals surface area (Å²) < 4.78 is 1.01. The van der Waals surface area contributed by atoms with Crippen molar-refractivity contribution in [1.29, 1.82) is 5.26 Å². The van der Waals surface area contributed by atoms with Gasteiger partial charge in [0.1, 0.15) is 11.6 Å². The van der Waals surface area contributed by atoms with Crippen LogP contribution >= 0.6 is 11.3 Å². The molecular formula is C27H26N4O2S. The number of hydrogen-bond donors (Lipinski definition) is 1. The summed E-state index contributed by atoms with van der Waals surface area (Å²) in [4.78, 5) is 34.8. The number of benzene rings is 2. The maximum absolute atomic E-state index is 13.6. The zero-order valence-corrected chi connectivity index (χ0v) is 20.5. The minimum atomic E-state index is -0.395. The number of amides is 1. The lowest BCUT2D eigenvalue weighted by Gasteiger charge is -2.21. The van der Waals surface area contributed by atoms with Crippen LogP contribution in [0.3, 0.4) is 0 Å². The van der Waals surface area contributed by atoms with E-state index in [1.165, 1.54) is 16.9 Å². The summed E-state index contributed by atoms with van der Waals surface area (Å²) in [6, 6.07) is 17.8. The first kappa shape index (κ1) is 23.4. The van der Waals surface area contributed by atoms with E-state index in [9.17, 15) is 14.9 Å². The van der Waals surface area contributed by atoms with Crippen LogP contribution in [-0.2, 0) is 11.2 Å². The van der Waals surface area contributed by atoms with Gasteiger partial charge in [-0.1, -0.05) is 49.4 Å². The molecule has 7 heteroatoms. The van der Waals surface area contributed by atoms with Crippen molar-refractivity contribution in [3.63, 3.8) is 0 Å². The fourth-order valence-corrected chi connectivity index (χ4v) is 5.09. The van der Waals surface area contributed by atoms with Crippen LogP contribution in [0, 0.1) is 25.2 Å². The maximum Gasteiger partial charge on any atom is 0.266 e. The molecule has 6 nitrogen and oxygen atoms in total. The van der Waals surface area contributed by atoms with Crippen LogP contribution in [0.15, 0.2) is 53.3 Å². The van der Waals surface area contributed by atoms with Crippen LogP contribution in [0.4, 0.5) is 10.8 Å². The summed E-state index contributed by atoms with van der Waals surface area (Å²) in [5.41, 5.74) is 4.65. The van der Waals surface area contributed by atoms with Crippen molar-refractivity contribution in [3.8, 4) is 6.07 Å². The Hall–Kier alpha value is -3.76. The predicted octanol–water partition coefficient (Wildman–Crippen LogP) is 5.89. The first-order valence-corrected chi connectivity index (χ1v) is 12.0. The van der Waals surface area contributed by atoms with Gasteiger partial charge >= 0.3 is 0 Å². The smallest absolute Gasteiger partial charge is 0.266 e. The summed E-state index contributed by atoms with van der Waals surface area (Å²) in [7, 11) is 0. The molecule has 0 saturated carbocycles. The summed E-state index contributed by atoms with van der Waals surface area (Å²) >= 11 is 1.48. The number of aromatic amines is 1. The van der Waals surface area contributed by atoms with Crippen LogP contribution in [-0.4, -0.2) is 15.9 Å². The number of nitrogens with one attached hydrogen (secondary N) is 1. The molecule has 4 rings (SSSR count). The number of pyridine rings is 1. The van der Waals surface area contributed by atoms with Crippen LogP contribution in [0.1, 0.15) is 54.1 Å². The highest BCUT2D eigenvalue weighted by Gasteiger charge is 2.23. The Kier molecular flexibility index (Phi) is 6.62. The number of aryl methyl sites for hydroxylation is 1. The number of aromatic nitrogens is 2. The fraction of sp³-hybridized carbons (Fsp3) is 0.259. The number of rotatable bonds is 6. The number of anilines is 2. The molecule has 0 aliphatic heterocycles. The molecule has 1 amide bonds. The molecule has 0 spiro atoms. The second-order valence-corrected chi connectivity index (χ2v) is 9.62. The van der Waals surface area contributed by atoms with Gasteiger partial charge in [-0.05, 0) is 67.1 Å². The molecule has 2 heterocycles. The lowest BCUT2D eigenvalue weighted by molar-refractivity contribution is -0.117. The van der Waals surface area contributed by atoms with Crippen molar-refractivity contribution in [2.75, 3.05) is 4.90 Å². The number of nitriles is 1. The predicted molar refractivity (Wildman–Crippen MR) is 137 cm³/mol. The van der Waals surface area contributed by atoms with Gasteiger partial charge in [-0.15, -0.1) is 0 Å². The highest BCUT2D eigenvalue weighted by atomic mass is 32.1. The van der Waals surface area contributed by atoms with Gasteiger partial charge in [0, 0.05) is 12.1 Å². The van der Waals surface area contributed by atoms with Gasteiger partial charge in [-0.2, -0.15) is 5.26 Å². The number of hydrogen-bond acceptors (Lipinski definition) is 5. The van der Waals surface area contributed by atoms with E-state index in [0.29, 0.717) is 28.7 Å². The van der Waals surface area contributed by atoms with Gasteiger partial charge in [0.05, 0.1) is 15.9 Å². The Morgan fingerprint density at radius 3 is 2.50 bits per heavy atom. The quantitative estimate of drug-likeness (QED) is 0.380. The molecule has 0 fully saturated rings. The topological polar surface area (TPSA) is 89.8 Å². The van der Waals surface area contributed by atoms with Crippen LogP contribution in [0.2, 0.25) is 0 Å². The molecule has 0 atom stereocenters. The first-order valence-electron chi connectivity index (χ1n) is 11.2. The Morgan fingerprint density at radius 1 is 1.15 bits per heavy atom. The van der Waals surface area contributed by atoms with E-state index in [0.717, 1.165) is 21.5 Å². The zero-order chi connectivity index (χ0) is 24.4. The van der Waals surface area contributed by atoms with Gasteiger partial charge in [0.25, 0.3) is 5.56 Å². The van der Waals surface area contributed by atoms with E-state index >= 15 is 0 Å². The standard InChI is InChI=1S/C27H26N4O2S/c1-16(2)19-9-11-20(12-10-19)31(27-30-23-7-5-6-8-24(23)34-27)25(32)14-13-21-17(3)22(15-28)26(33)29-18(21)4/h5-12,16H,13-14H2,1-4H3,(H,29,33). The average Bonchev–Trinajstić information content (AvgIpc) is 3.23. The number of para-hydroxylation sites is 1. The van der Waals surface area contributed by atoms with Crippen LogP contribution < -0.4 is 10.5 Å². The minimum absolute atomic E-state index is 0.0974. The second-order valence-electron chi connectivity index (χ2n) is 8.61. The van der Waals surface area contributed by atoms with E-state index in [-0.39, 0.29) is 17.9 Å². The Morgan fingerprint density at radius 2 is 1.85 bits per heavy atom. The van der Waals surface area contributed by atoms with Gasteiger partial charge in [0.2, 0.25) is 5.91 Å². The molecule has 1 N–H and O–H groups in total. The van der Waals surface area contributed by atoms with E-state index < -0.39 is 5.56 Å². The molecule has 0 saturated heterocycles. The molecule has 0 unspecified atom stereocenters. The normalized spacial score (nSPS) is 11.1. The summed E-state index contributed by atoms with van der Waals surface area (Å²) in [5, 5.41) is 9.98. The van der Waals surface area contributed by atoms with Crippen molar-refractivity contribution in [2.45, 2.75) is 46.5 Å². The molecule has 0 radical (unpaired) electrons. The fourth-order valence-electron chi connectivity index (χ4n) is 4.09. The SMILES string of the molecule is Cc1[nH]c(=O)c(C#N)c(C)c1CCC(=O)N(c1ccc(C(C)C)cc1)c1nc2ccccc2s1. The van der Waals surface area contributed by atoms with Gasteiger partial charge in [0.15, 0.2) is 5.13 Å². The number of fused-ring (bicyclic) bond motifs is 1. The third-order valence-corrected chi connectivity index (χ3v) is 7.07. The van der Waals surface area contributed by atoms with E-state index in [2.05, 4.69) is 18.8 Å². The molecule has 34 heavy (non-hydrogen) atoms. The summed E-state index contributed by atoms with van der Waals surface area (Å²) in [5.74, 6) is 0.293. The van der Waals surface area contributed by atoms with Crippen molar-refractivity contribution in [1.82, 2.24) is 9.97 Å². The molecule has 0 aliphatic rings. The lowest BCUT2D eigenvalue weighted by atomic mass is 9.98. The molecular weight excluding hydrogens is 444 g/mol. The Bertz CT molecular complexity index is 1430. The average molecular weight is 471 g/mol. The van der Waals surface area contributed by atoms with Crippen LogP contribution in [0.5, 0.6) is 0 Å². The third-order valence-electron chi connectivity index (χ3n) is 6.05. The van der Waals surface area contributed by atoms with Crippen LogP contribution in [0.25, 0.3) is 10.2 Å². The Labute approximate surface area is 202 Å². The molecule has 0 bridgehead atoms. The molecule has 2 aromatic heterocycles. The van der Waals surface area contributed by atoms with Crippen molar-refractivity contribution >= 4 is 38.3 Å². The van der Waals surface area contributed by atoms with Gasteiger partial charge < -0.3 is 4.98 Å². The summed E-state index contributed by atoms with van der Waals surface area (Å²) in [6.45, 7) is 7.83. The monoisotopic (exact) mass is 470 g/mol. The molecule has 4 aromatic rings. The molecule has 2 aromatic carbocycles. The molecule has 172 valence electrons. The van der Waals surface area contributed by atoms with Crippen molar-refractivity contribution < 1.29 is 4.79 Å². The Balaban J connectivity index is 1.70. The number of thiazole rings is 1. The largest absolute Gasteiger partial charge is 0.325 e. The van der Waals surface area contributed by atoms with E-state index in [1.54, 1.807) is 18.7 Å². The first-order chi connectivity index (χ1) is 16.3. The van der Waals surface area contributed by atoms with Gasteiger partial charge in [-0.3, -0.25) is 14.5 Å². The number of carbonyl (C=O) groups excluding carboxylic acids is 1. The van der Waals surface area contributed by atoms with Gasteiger partial charge in [-0.25, -0.2) is 4.98 Å². The molecule has 0 aliphatic carbocycles. The second kappa shape index (κ2) is 9.62. The summed E-state index contributed by atoms with van der Waals surface area (Å²) in [6.07, 6.45) is 0.619. The van der Waals surface area contributed by atoms with Crippen molar-refractivity contribution in [3.05, 3.63) is 86.8 Å². The zero-order valence-electron chi connectivity index (χ0n) is 19.7. The number of H-pyrrole nitrogens is 1. The maximum atomic E-state index is 13.6. The van der Waals surface area contributed by atoms with Crippen molar-refractivity contribution in [2.24, 2.45) is 0 Å². The number of nitrogens with zero attached hydrogens (tertiary/aromatic N) is 3. The van der Waals surface area contributed by atoms with E-state index in [1.807, 2.05) is 54.6 Å². The number of carbonyl (C=O) groups is 1. The third kappa shape index (κ3) is 4.50.